The lowest BCUT2D eigenvalue weighted by molar-refractivity contribution is -0.118. The molecule has 0 aliphatic rings. The number of amides is 1. The van der Waals surface area contributed by atoms with Gasteiger partial charge in [-0.2, -0.15) is 0 Å². The zero-order valence-corrected chi connectivity index (χ0v) is 15.0. The molecule has 0 heterocycles. The van der Waals surface area contributed by atoms with E-state index >= 15 is 0 Å². The van der Waals surface area contributed by atoms with Crippen LogP contribution in [0.4, 0.5) is 5.69 Å². The average Bonchev–Trinajstić information content (AvgIpc) is 2.50. The summed E-state index contributed by atoms with van der Waals surface area (Å²) in [6.45, 7) is 11.3. The second-order valence-corrected chi connectivity index (χ2v) is 5.97. The molecule has 0 aliphatic carbocycles. The molecule has 4 heteroatoms. The largest absolute Gasteiger partial charge is 0.398 e. The number of nitrogens with two attached hydrogens (primary N) is 1. The minimum Gasteiger partial charge on any atom is -0.398 e. The summed E-state index contributed by atoms with van der Waals surface area (Å²) in [4.78, 5) is 11.9. The molecule has 0 spiro atoms. The van der Waals surface area contributed by atoms with Crippen molar-refractivity contribution < 1.29 is 4.79 Å². The number of thioether (sulfide) groups is 1. The Morgan fingerprint density at radius 3 is 2.39 bits per heavy atom. The standard InChI is InChI=1S/C17H18N2OS.C2H6/c1-11-5-4-6-14(9-11)15-7-8-16(18)17(10-15)21-13(3)19-12(2)20;1-2/h4-10H,3,18H2,1-2H3,(H,19,20);1-2H3. The van der Waals surface area contributed by atoms with Crippen LogP contribution in [0.25, 0.3) is 11.1 Å². The summed E-state index contributed by atoms with van der Waals surface area (Å²) < 4.78 is 0. The molecular weight excluding hydrogens is 304 g/mol. The molecule has 2 aromatic rings. The lowest BCUT2D eigenvalue weighted by atomic mass is 10.0. The first-order valence-corrected chi connectivity index (χ1v) is 8.38. The van der Waals surface area contributed by atoms with Crippen LogP contribution in [-0.4, -0.2) is 5.91 Å². The van der Waals surface area contributed by atoms with Crippen LogP contribution in [0.1, 0.15) is 26.3 Å². The maximum Gasteiger partial charge on any atom is 0.221 e. The summed E-state index contributed by atoms with van der Waals surface area (Å²) >= 11 is 1.36. The number of nitrogens with one attached hydrogen (secondary N) is 1. The lowest BCUT2D eigenvalue weighted by Gasteiger charge is -2.11. The summed E-state index contributed by atoms with van der Waals surface area (Å²) in [5, 5.41) is 3.23. The van der Waals surface area contributed by atoms with Gasteiger partial charge in [0.05, 0.1) is 5.03 Å². The second kappa shape index (κ2) is 9.06. The number of hydrogen-bond acceptors (Lipinski definition) is 3. The smallest absolute Gasteiger partial charge is 0.221 e. The van der Waals surface area contributed by atoms with Crippen molar-refractivity contribution >= 4 is 23.4 Å². The Balaban J connectivity index is 0.00000127. The summed E-state index contributed by atoms with van der Waals surface area (Å²) in [6, 6.07) is 14.2. The van der Waals surface area contributed by atoms with Crippen molar-refractivity contribution in [3.8, 4) is 11.1 Å². The molecule has 3 N–H and O–H groups in total. The van der Waals surface area contributed by atoms with Crippen LogP contribution in [0, 0.1) is 6.92 Å². The molecule has 0 saturated carbocycles. The molecule has 0 aromatic heterocycles. The van der Waals surface area contributed by atoms with Crippen LogP contribution in [0.2, 0.25) is 0 Å². The van der Waals surface area contributed by atoms with Gasteiger partial charge in [0, 0.05) is 17.5 Å². The SMILES string of the molecule is C=C(NC(C)=O)Sc1cc(-c2cccc(C)c2)ccc1N.CC. The average molecular weight is 328 g/mol. The first-order chi connectivity index (χ1) is 11.0. The number of hydrogen-bond donors (Lipinski definition) is 2. The molecule has 0 aliphatic heterocycles. The van der Waals surface area contributed by atoms with Crippen molar-refractivity contribution in [2.75, 3.05) is 5.73 Å². The number of aryl methyl sites for hydroxylation is 1. The fourth-order valence-electron chi connectivity index (χ4n) is 1.98. The molecule has 2 rings (SSSR count). The van der Waals surface area contributed by atoms with Gasteiger partial charge in [-0.15, -0.1) is 0 Å². The molecular formula is C19H24N2OS. The van der Waals surface area contributed by atoms with Crippen molar-refractivity contribution in [2.45, 2.75) is 32.6 Å². The summed E-state index contributed by atoms with van der Waals surface area (Å²) in [5.74, 6) is -0.138. The predicted molar refractivity (Wildman–Crippen MR) is 101 cm³/mol. The summed E-state index contributed by atoms with van der Waals surface area (Å²) in [7, 11) is 0. The second-order valence-electron chi connectivity index (χ2n) is 4.83. The fourth-order valence-corrected chi connectivity index (χ4v) is 2.81. The highest BCUT2D eigenvalue weighted by Gasteiger charge is 2.07. The van der Waals surface area contributed by atoms with Gasteiger partial charge in [-0.1, -0.05) is 68.1 Å². The fraction of sp³-hybridized carbons (Fsp3) is 0.211. The highest BCUT2D eigenvalue weighted by Crippen LogP contribution is 2.33. The first-order valence-electron chi connectivity index (χ1n) is 7.56. The number of carbonyl (C=O) groups is 1. The van der Waals surface area contributed by atoms with Crippen LogP contribution in [-0.2, 0) is 4.79 Å². The Kier molecular flexibility index (Phi) is 7.42. The monoisotopic (exact) mass is 328 g/mol. The quantitative estimate of drug-likeness (QED) is 0.615. The minimum atomic E-state index is -0.138. The van der Waals surface area contributed by atoms with E-state index in [1.54, 1.807) is 0 Å². The normalized spacial score (nSPS) is 9.57. The Labute approximate surface area is 143 Å². The Morgan fingerprint density at radius 1 is 1.13 bits per heavy atom. The number of nitrogen functional groups attached to an aromatic ring is 1. The molecule has 0 atom stereocenters. The van der Waals surface area contributed by atoms with Gasteiger partial charge >= 0.3 is 0 Å². The van der Waals surface area contributed by atoms with Crippen molar-refractivity contribution in [1.29, 1.82) is 0 Å². The maximum atomic E-state index is 11.0. The van der Waals surface area contributed by atoms with E-state index < -0.39 is 0 Å². The summed E-state index contributed by atoms with van der Waals surface area (Å²) in [6.07, 6.45) is 0. The molecule has 23 heavy (non-hydrogen) atoms. The zero-order valence-electron chi connectivity index (χ0n) is 14.1. The van der Waals surface area contributed by atoms with E-state index in [1.165, 1.54) is 24.2 Å². The van der Waals surface area contributed by atoms with E-state index in [0.29, 0.717) is 10.7 Å². The van der Waals surface area contributed by atoms with Gasteiger partial charge in [-0.05, 0) is 30.2 Å². The Morgan fingerprint density at radius 2 is 1.78 bits per heavy atom. The van der Waals surface area contributed by atoms with Gasteiger partial charge in [0.1, 0.15) is 0 Å². The maximum absolute atomic E-state index is 11.0. The molecule has 1 amide bonds. The molecule has 2 aromatic carbocycles. The van der Waals surface area contributed by atoms with Gasteiger partial charge in [0.15, 0.2) is 0 Å². The van der Waals surface area contributed by atoms with Gasteiger partial charge in [-0.25, -0.2) is 0 Å². The van der Waals surface area contributed by atoms with Crippen molar-refractivity contribution in [3.63, 3.8) is 0 Å². The van der Waals surface area contributed by atoms with Gasteiger partial charge < -0.3 is 11.1 Å². The van der Waals surface area contributed by atoms with Crippen molar-refractivity contribution in [3.05, 3.63) is 59.6 Å². The van der Waals surface area contributed by atoms with Gasteiger partial charge in [-0.3, -0.25) is 4.79 Å². The van der Waals surface area contributed by atoms with Gasteiger partial charge in [0.25, 0.3) is 0 Å². The van der Waals surface area contributed by atoms with Crippen LogP contribution in [0.5, 0.6) is 0 Å². The molecule has 0 bridgehead atoms. The van der Waals surface area contributed by atoms with Crippen LogP contribution in [0.3, 0.4) is 0 Å². The third-order valence-electron chi connectivity index (χ3n) is 2.91. The van der Waals surface area contributed by atoms with Crippen LogP contribution >= 0.6 is 11.8 Å². The zero-order chi connectivity index (χ0) is 17.4. The van der Waals surface area contributed by atoms with E-state index in [1.807, 2.05) is 38.1 Å². The Hall–Kier alpha value is -2.20. The predicted octanol–water partition coefficient (Wildman–Crippen LogP) is 4.97. The molecule has 0 fully saturated rings. The molecule has 0 unspecified atom stereocenters. The topological polar surface area (TPSA) is 55.1 Å². The van der Waals surface area contributed by atoms with E-state index in [9.17, 15) is 4.79 Å². The molecule has 3 nitrogen and oxygen atoms in total. The lowest BCUT2D eigenvalue weighted by Crippen LogP contribution is -2.16. The van der Waals surface area contributed by atoms with Crippen LogP contribution in [0.15, 0.2) is 59.0 Å². The van der Waals surface area contributed by atoms with E-state index in [2.05, 4.69) is 37.0 Å². The van der Waals surface area contributed by atoms with E-state index in [4.69, 9.17) is 5.73 Å². The summed E-state index contributed by atoms with van der Waals surface area (Å²) in [5.41, 5.74) is 10.1. The highest BCUT2D eigenvalue weighted by atomic mass is 32.2. The number of benzene rings is 2. The molecule has 0 saturated heterocycles. The highest BCUT2D eigenvalue weighted by molar-refractivity contribution is 8.03. The van der Waals surface area contributed by atoms with Crippen molar-refractivity contribution in [1.82, 2.24) is 5.32 Å². The first kappa shape index (κ1) is 18.8. The van der Waals surface area contributed by atoms with Crippen molar-refractivity contribution in [2.24, 2.45) is 0 Å². The van der Waals surface area contributed by atoms with Gasteiger partial charge in [0.2, 0.25) is 5.91 Å². The number of carbonyl (C=O) groups excluding carboxylic acids is 1. The third-order valence-corrected chi connectivity index (χ3v) is 3.84. The number of rotatable bonds is 4. The van der Waals surface area contributed by atoms with Crippen LogP contribution < -0.4 is 11.1 Å². The molecule has 0 radical (unpaired) electrons. The van der Waals surface area contributed by atoms with E-state index in [0.717, 1.165) is 16.0 Å². The number of anilines is 1. The van der Waals surface area contributed by atoms with E-state index in [-0.39, 0.29) is 5.91 Å². The molecule has 122 valence electrons. The minimum absolute atomic E-state index is 0.138. The third kappa shape index (κ3) is 5.83. The Bertz CT molecular complexity index is 696.